The zero-order chi connectivity index (χ0) is 23.5. The molecule has 0 spiro atoms. The van der Waals surface area contributed by atoms with Crippen LogP contribution in [0.3, 0.4) is 0 Å². The van der Waals surface area contributed by atoms with E-state index in [1.54, 1.807) is 12.4 Å². The normalized spacial score (nSPS) is 11.0. The molecular weight excluding hydrogens is 468 g/mol. The molecule has 0 aliphatic rings. The van der Waals surface area contributed by atoms with Crippen LogP contribution >= 0.6 is 23.4 Å². The molecule has 2 aromatic carbocycles. The Hall–Kier alpha value is -3.75. The van der Waals surface area contributed by atoms with Gasteiger partial charge in [0, 0.05) is 29.0 Å². The van der Waals surface area contributed by atoms with E-state index in [0.29, 0.717) is 16.0 Å². The van der Waals surface area contributed by atoms with Crippen LogP contribution in [-0.2, 0) is 4.79 Å². The van der Waals surface area contributed by atoms with Crippen molar-refractivity contribution in [2.45, 2.75) is 12.1 Å². The number of aromatic nitrogens is 5. The average Bonchev–Trinajstić information content (AvgIpc) is 3.27. The highest BCUT2D eigenvalue weighted by atomic mass is 35.5. The molecule has 0 fully saturated rings. The molecule has 0 atom stereocenters. The van der Waals surface area contributed by atoms with Crippen molar-refractivity contribution in [1.29, 1.82) is 0 Å². The maximum atomic E-state index is 12.9. The first kappa shape index (κ1) is 22.1. The SMILES string of the molecule is Cc1cc(NC(=O)CSc2nnc(-c3cccnc3)n2-c2ccccc2Cl)c2ccccc2n1. The number of carbonyl (C=O) groups excluding carboxylic acids is 1. The van der Waals surface area contributed by atoms with Crippen molar-refractivity contribution < 1.29 is 4.79 Å². The molecule has 3 heterocycles. The lowest BCUT2D eigenvalue weighted by Gasteiger charge is -2.12. The number of hydrogen-bond acceptors (Lipinski definition) is 6. The number of benzene rings is 2. The minimum absolute atomic E-state index is 0.144. The molecule has 34 heavy (non-hydrogen) atoms. The molecule has 0 bridgehead atoms. The Bertz CT molecular complexity index is 1490. The fourth-order valence-corrected chi connectivity index (χ4v) is 4.59. The molecule has 0 radical (unpaired) electrons. The van der Waals surface area contributed by atoms with Crippen LogP contribution in [0.5, 0.6) is 0 Å². The lowest BCUT2D eigenvalue weighted by atomic mass is 10.1. The Morgan fingerprint density at radius 1 is 1.06 bits per heavy atom. The van der Waals surface area contributed by atoms with Crippen molar-refractivity contribution in [2.24, 2.45) is 0 Å². The topological polar surface area (TPSA) is 85.6 Å². The molecule has 0 saturated carbocycles. The summed E-state index contributed by atoms with van der Waals surface area (Å²) in [5.74, 6) is 0.586. The van der Waals surface area contributed by atoms with Gasteiger partial charge in [0.15, 0.2) is 11.0 Å². The number of thioether (sulfide) groups is 1. The first-order valence-electron chi connectivity index (χ1n) is 10.5. The van der Waals surface area contributed by atoms with Crippen LogP contribution in [0.25, 0.3) is 28.0 Å². The average molecular weight is 487 g/mol. The summed E-state index contributed by atoms with van der Waals surface area (Å²) < 4.78 is 1.85. The Balaban J connectivity index is 1.43. The molecule has 1 amide bonds. The van der Waals surface area contributed by atoms with Crippen molar-refractivity contribution in [3.05, 3.63) is 89.8 Å². The van der Waals surface area contributed by atoms with E-state index in [1.165, 1.54) is 11.8 Å². The minimum Gasteiger partial charge on any atom is -0.325 e. The van der Waals surface area contributed by atoms with Gasteiger partial charge in [-0.15, -0.1) is 10.2 Å². The highest BCUT2D eigenvalue weighted by Gasteiger charge is 2.19. The number of carbonyl (C=O) groups is 1. The number of anilines is 1. The second-order valence-corrected chi connectivity index (χ2v) is 8.85. The molecule has 168 valence electrons. The van der Waals surface area contributed by atoms with Gasteiger partial charge in [-0.2, -0.15) is 0 Å². The van der Waals surface area contributed by atoms with Crippen molar-refractivity contribution in [1.82, 2.24) is 24.7 Å². The molecule has 3 aromatic heterocycles. The van der Waals surface area contributed by atoms with E-state index in [1.807, 2.05) is 78.2 Å². The highest BCUT2D eigenvalue weighted by molar-refractivity contribution is 7.99. The van der Waals surface area contributed by atoms with E-state index in [4.69, 9.17) is 11.6 Å². The van der Waals surface area contributed by atoms with Gasteiger partial charge in [-0.05, 0) is 43.3 Å². The van der Waals surface area contributed by atoms with Crippen LogP contribution in [-0.4, -0.2) is 36.4 Å². The lowest BCUT2D eigenvalue weighted by molar-refractivity contribution is -0.113. The number of pyridine rings is 2. The number of nitrogens with one attached hydrogen (secondary N) is 1. The van der Waals surface area contributed by atoms with Crippen LogP contribution in [0.15, 0.2) is 84.3 Å². The van der Waals surface area contributed by atoms with Crippen LogP contribution in [0, 0.1) is 6.92 Å². The smallest absolute Gasteiger partial charge is 0.234 e. The zero-order valence-corrected chi connectivity index (χ0v) is 19.7. The molecule has 0 saturated heterocycles. The fraction of sp³-hybridized carbons (Fsp3) is 0.0800. The summed E-state index contributed by atoms with van der Waals surface area (Å²) in [7, 11) is 0. The minimum atomic E-state index is -0.155. The van der Waals surface area contributed by atoms with Gasteiger partial charge < -0.3 is 5.32 Å². The number of aryl methyl sites for hydroxylation is 1. The summed E-state index contributed by atoms with van der Waals surface area (Å²) >= 11 is 7.79. The highest BCUT2D eigenvalue weighted by Crippen LogP contribution is 2.31. The molecule has 0 aliphatic heterocycles. The molecule has 5 rings (SSSR count). The number of nitrogens with zero attached hydrogens (tertiary/aromatic N) is 5. The van der Waals surface area contributed by atoms with Crippen LogP contribution in [0.2, 0.25) is 5.02 Å². The summed E-state index contributed by atoms with van der Waals surface area (Å²) in [5, 5.41) is 13.7. The Morgan fingerprint density at radius 2 is 1.88 bits per heavy atom. The predicted octanol–water partition coefficient (Wildman–Crippen LogP) is 5.57. The summed E-state index contributed by atoms with van der Waals surface area (Å²) in [4.78, 5) is 21.6. The monoisotopic (exact) mass is 486 g/mol. The van der Waals surface area contributed by atoms with Crippen LogP contribution in [0.1, 0.15) is 5.69 Å². The number of fused-ring (bicyclic) bond motifs is 1. The first-order valence-corrected chi connectivity index (χ1v) is 11.9. The predicted molar refractivity (Wildman–Crippen MR) is 135 cm³/mol. The molecule has 0 aliphatic carbocycles. The number of hydrogen-bond donors (Lipinski definition) is 1. The third-order valence-electron chi connectivity index (χ3n) is 5.10. The second kappa shape index (κ2) is 9.62. The van der Waals surface area contributed by atoms with E-state index in [0.717, 1.165) is 33.5 Å². The standard InChI is InChI=1S/C25H19ClN6OS/c1-16-13-21(18-8-2-4-10-20(18)28-16)29-23(33)15-34-25-31-30-24(17-7-6-12-27-14-17)32(25)22-11-5-3-9-19(22)26/h2-14H,15H2,1H3,(H,28,29,33). The van der Waals surface area contributed by atoms with Crippen molar-refractivity contribution in [2.75, 3.05) is 11.1 Å². The molecule has 5 aromatic rings. The van der Waals surface area contributed by atoms with E-state index < -0.39 is 0 Å². The molecule has 0 unspecified atom stereocenters. The Morgan fingerprint density at radius 3 is 2.71 bits per heavy atom. The first-order chi connectivity index (χ1) is 16.6. The Kier molecular flexibility index (Phi) is 6.24. The van der Waals surface area contributed by atoms with Gasteiger partial charge in [-0.1, -0.05) is 53.7 Å². The van der Waals surface area contributed by atoms with E-state index >= 15 is 0 Å². The van der Waals surface area contributed by atoms with Gasteiger partial charge >= 0.3 is 0 Å². The van der Waals surface area contributed by atoms with Gasteiger partial charge in [0.1, 0.15) is 0 Å². The Labute approximate surface area is 205 Å². The zero-order valence-electron chi connectivity index (χ0n) is 18.1. The summed E-state index contributed by atoms with van der Waals surface area (Å²) in [6.07, 6.45) is 3.42. The van der Waals surface area contributed by atoms with Gasteiger partial charge in [-0.25, -0.2) is 0 Å². The van der Waals surface area contributed by atoms with Crippen LogP contribution < -0.4 is 5.32 Å². The summed E-state index contributed by atoms with van der Waals surface area (Å²) in [6, 6.07) is 20.8. The summed E-state index contributed by atoms with van der Waals surface area (Å²) in [6.45, 7) is 1.91. The molecule has 7 nitrogen and oxygen atoms in total. The second-order valence-electron chi connectivity index (χ2n) is 7.50. The van der Waals surface area contributed by atoms with Crippen molar-refractivity contribution >= 4 is 45.9 Å². The lowest BCUT2D eigenvalue weighted by Crippen LogP contribution is -2.15. The largest absolute Gasteiger partial charge is 0.325 e. The quantitative estimate of drug-likeness (QED) is 0.316. The van der Waals surface area contributed by atoms with Gasteiger partial charge in [-0.3, -0.25) is 19.3 Å². The number of rotatable bonds is 6. The molecular formula is C25H19ClN6OS. The van der Waals surface area contributed by atoms with Crippen molar-refractivity contribution in [3.8, 4) is 17.1 Å². The summed E-state index contributed by atoms with van der Waals surface area (Å²) in [5.41, 5.74) is 3.93. The number of amides is 1. The third-order valence-corrected chi connectivity index (χ3v) is 6.35. The van der Waals surface area contributed by atoms with Gasteiger partial charge in [0.05, 0.1) is 27.7 Å². The fourth-order valence-electron chi connectivity index (χ4n) is 3.62. The van der Waals surface area contributed by atoms with E-state index in [2.05, 4.69) is 25.5 Å². The maximum absolute atomic E-state index is 12.9. The van der Waals surface area contributed by atoms with E-state index in [9.17, 15) is 4.79 Å². The third kappa shape index (κ3) is 4.50. The molecule has 1 N–H and O–H groups in total. The van der Waals surface area contributed by atoms with Crippen molar-refractivity contribution in [3.63, 3.8) is 0 Å². The number of para-hydroxylation sites is 2. The molecule has 9 heteroatoms. The van der Waals surface area contributed by atoms with Gasteiger partial charge in [0.25, 0.3) is 0 Å². The maximum Gasteiger partial charge on any atom is 0.234 e. The van der Waals surface area contributed by atoms with Crippen LogP contribution in [0.4, 0.5) is 5.69 Å². The van der Waals surface area contributed by atoms with E-state index in [-0.39, 0.29) is 11.7 Å². The number of halogens is 1. The van der Waals surface area contributed by atoms with Gasteiger partial charge in [0.2, 0.25) is 5.91 Å².